The molecule has 19 heavy (non-hydrogen) atoms. The third-order valence-corrected chi connectivity index (χ3v) is 2.13. The largest absolute Gasteiger partial charge is 0.496 e. The fourth-order valence-electron chi connectivity index (χ4n) is 1.42. The molecule has 0 spiro atoms. The molecule has 0 saturated heterocycles. The summed E-state index contributed by atoms with van der Waals surface area (Å²) in [6.45, 7) is 5.34. The van der Waals surface area contributed by atoms with Crippen LogP contribution < -0.4 is 15.8 Å². The molecular formula is C13H19N3O3. The first-order valence-corrected chi connectivity index (χ1v) is 5.75. The van der Waals surface area contributed by atoms with Gasteiger partial charge >= 0.3 is 6.09 Å². The molecule has 1 amide bonds. The fourth-order valence-corrected chi connectivity index (χ4v) is 1.42. The maximum absolute atomic E-state index is 11.6. The highest BCUT2D eigenvalue weighted by molar-refractivity contribution is 5.99. The number of nitrogens with one attached hydrogen (secondary N) is 2. The van der Waals surface area contributed by atoms with Gasteiger partial charge in [-0.3, -0.25) is 10.7 Å². The normalized spacial score (nSPS) is 10.7. The summed E-state index contributed by atoms with van der Waals surface area (Å²) in [6.07, 6.45) is -0.563. The third-order valence-electron chi connectivity index (χ3n) is 2.13. The maximum atomic E-state index is 11.6. The number of methoxy groups -OCH3 is 1. The van der Waals surface area contributed by atoms with Gasteiger partial charge in [0, 0.05) is 5.69 Å². The number of carbonyl (C=O) groups excluding carboxylic acids is 1. The second-order valence-electron chi connectivity index (χ2n) is 4.96. The number of amidine groups is 1. The molecule has 0 atom stereocenters. The lowest BCUT2D eigenvalue weighted by atomic mass is 10.1. The van der Waals surface area contributed by atoms with E-state index >= 15 is 0 Å². The van der Waals surface area contributed by atoms with Crippen molar-refractivity contribution >= 4 is 17.6 Å². The average Bonchev–Trinajstić information content (AvgIpc) is 2.26. The van der Waals surface area contributed by atoms with E-state index in [2.05, 4.69) is 5.32 Å². The molecule has 0 fully saturated rings. The highest BCUT2D eigenvalue weighted by Gasteiger charge is 2.17. The monoisotopic (exact) mass is 265 g/mol. The van der Waals surface area contributed by atoms with Crippen molar-refractivity contribution < 1.29 is 14.3 Å². The van der Waals surface area contributed by atoms with E-state index < -0.39 is 11.7 Å². The first-order valence-electron chi connectivity index (χ1n) is 5.75. The van der Waals surface area contributed by atoms with Crippen LogP contribution in [-0.2, 0) is 4.74 Å². The zero-order chi connectivity index (χ0) is 14.6. The Morgan fingerprint density at radius 2 is 2.00 bits per heavy atom. The summed E-state index contributed by atoms with van der Waals surface area (Å²) in [6, 6.07) is 4.84. The topological polar surface area (TPSA) is 97.4 Å². The molecule has 0 heterocycles. The Kier molecular flexibility index (Phi) is 4.37. The van der Waals surface area contributed by atoms with Crippen LogP contribution in [0, 0.1) is 5.41 Å². The van der Waals surface area contributed by atoms with E-state index in [4.69, 9.17) is 20.6 Å². The van der Waals surface area contributed by atoms with Crippen molar-refractivity contribution in [3.63, 3.8) is 0 Å². The minimum atomic E-state index is -0.569. The SMILES string of the molecule is COc1ccc(NC(=O)OC(C)(C)C)cc1C(=N)N. The van der Waals surface area contributed by atoms with Crippen LogP contribution in [0.3, 0.4) is 0 Å². The zero-order valence-corrected chi connectivity index (χ0v) is 11.5. The van der Waals surface area contributed by atoms with Crippen molar-refractivity contribution in [3.8, 4) is 5.75 Å². The van der Waals surface area contributed by atoms with Gasteiger partial charge < -0.3 is 15.2 Å². The van der Waals surface area contributed by atoms with Gasteiger partial charge in [-0.15, -0.1) is 0 Å². The Morgan fingerprint density at radius 3 is 2.47 bits per heavy atom. The fraction of sp³-hybridized carbons (Fsp3) is 0.385. The standard InChI is InChI=1S/C13H19N3O3/c1-13(2,3)19-12(17)16-8-5-6-10(18-4)9(7-8)11(14)15/h5-7H,1-4H3,(H3,14,15)(H,16,17). The van der Waals surface area contributed by atoms with Crippen LogP contribution in [0.25, 0.3) is 0 Å². The molecular weight excluding hydrogens is 246 g/mol. The van der Waals surface area contributed by atoms with Crippen LogP contribution in [-0.4, -0.2) is 24.6 Å². The van der Waals surface area contributed by atoms with E-state index in [1.807, 2.05) is 0 Å². The van der Waals surface area contributed by atoms with E-state index in [0.717, 1.165) is 0 Å². The van der Waals surface area contributed by atoms with Crippen LogP contribution in [0.2, 0.25) is 0 Å². The van der Waals surface area contributed by atoms with Gasteiger partial charge in [-0.2, -0.15) is 0 Å². The Morgan fingerprint density at radius 1 is 1.37 bits per heavy atom. The highest BCUT2D eigenvalue weighted by Crippen LogP contribution is 2.22. The number of anilines is 1. The number of nitrogens with two attached hydrogens (primary N) is 1. The van der Waals surface area contributed by atoms with Gasteiger partial charge in [-0.25, -0.2) is 4.79 Å². The molecule has 1 aromatic rings. The molecule has 0 aliphatic carbocycles. The molecule has 6 heteroatoms. The molecule has 1 rings (SSSR count). The summed E-state index contributed by atoms with van der Waals surface area (Å²) in [7, 11) is 1.49. The predicted octanol–water partition coefficient (Wildman–Crippen LogP) is 2.33. The van der Waals surface area contributed by atoms with Crippen LogP contribution in [0.1, 0.15) is 26.3 Å². The summed E-state index contributed by atoms with van der Waals surface area (Å²) in [4.78, 5) is 11.6. The minimum absolute atomic E-state index is 0.135. The second-order valence-corrected chi connectivity index (χ2v) is 4.96. The van der Waals surface area contributed by atoms with Crippen molar-refractivity contribution in [2.75, 3.05) is 12.4 Å². The number of carbonyl (C=O) groups is 1. The first-order chi connectivity index (χ1) is 8.73. The highest BCUT2D eigenvalue weighted by atomic mass is 16.6. The summed E-state index contributed by atoms with van der Waals surface area (Å²) < 4.78 is 10.2. The maximum Gasteiger partial charge on any atom is 0.412 e. The van der Waals surface area contributed by atoms with E-state index in [1.165, 1.54) is 7.11 Å². The quantitative estimate of drug-likeness (QED) is 0.577. The molecule has 0 radical (unpaired) electrons. The van der Waals surface area contributed by atoms with E-state index in [-0.39, 0.29) is 5.84 Å². The number of benzene rings is 1. The Balaban J connectivity index is 2.88. The van der Waals surface area contributed by atoms with Crippen LogP contribution >= 0.6 is 0 Å². The summed E-state index contributed by atoms with van der Waals surface area (Å²) >= 11 is 0. The molecule has 0 aliphatic rings. The predicted molar refractivity (Wildman–Crippen MR) is 73.9 cm³/mol. The van der Waals surface area contributed by atoms with Crippen LogP contribution in [0.15, 0.2) is 18.2 Å². The van der Waals surface area contributed by atoms with Gasteiger partial charge in [0.05, 0.1) is 12.7 Å². The van der Waals surface area contributed by atoms with E-state index in [9.17, 15) is 4.79 Å². The minimum Gasteiger partial charge on any atom is -0.496 e. The molecule has 6 nitrogen and oxygen atoms in total. The van der Waals surface area contributed by atoms with Crippen LogP contribution in [0.5, 0.6) is 5.75 Å². The summed E-state index contributed by atoms with van der Waals surface area (Å²) in [5, 5.41) is 10.0. The third kappa shape index (κ3) is 4.50. The molecule has 104 valence electrons. The number of ether oxygens (including phenoxy) is 2. The van der Waals surface area contributed by atoms with Gasteiger partial charge in [0.1, 0.15) is 17.2 Å². The lowest BCUT2D eigenvalue weighted by Gasteiger charge is -2.20. The molecule has 4 N–H and O–H groups in total. The lowest BCUT2D eigenvalue weighted by molar-refractivity contribution is 0.0636. The Labute approximate surface area is 112 Å². The van der Waals surface area contributed by atoms with Gasteiger partial charge in [0.2, 0.25) is 0 Å². The van der Waals surface area contributed by atoms with E-state index in [1.54, 1.807) is 39.0 Å². The molecule has 1 aromatic carbocycles. The van der Waals surface area contributed by atoms with Crippen LogP contribution in [0.4, 0.5) is 10.5 Å². The zero-order valence-electron chi connectivity index (χ0n) is 11.5. The molecule has 0 saturated carbocycles. The number of amides is 1. The molecule has 0 bridgehead atoms. The number of hydrogen-bond acceptors (Lipinski definition) is 4. The van der Waals surface area contributed by atoms with Gasteiger partial charge in [0.25, 0.3) is 0 Å². The van der Waals surface area contributed by atoms with Crippen molar-refractivity contribution in [2.45, 2.75) is 26.4 Å². The van der Waals surface area contributed by atoms with Crippen molar-refractivity contribution in [1.29, 1.82) is 5.41 Å². The summed E-state index contributed by atoms with van der Waals surface area (Å²) in [5.41, 5.74) is 5.78. The van der Waals surface area contributed by atoms with Crippen molar-refractivity contribution in [2.24, 2.45) is 5.73 Å². The van der Waals surface area contributed by atoms with Gasteiger partial charge in [-0.1, -0.05) is 0 Å². The molecule has 0 aromatic heterocycles. The second kappa shape index (κ2) is 5.60. The molecule has 0 unspecified atom stereocenters. The van der Waals surface area contributed by atoms with Crippen molar-refractivity contribution in [1.82, 2.24) is 0 Å². The average molecular weight is 265 g/mol. The van der Waals surface area contributed by atoms with Gasteiger partial charge in [-0.05, 0) is 39.0 Å². The van der Waals surface area contributed by atoms with Gasteiger partial charge in [0.15, 0.2) is 0 Å². The number of hydrogen-bond donors (Lipinski definition) is 3. The summed E-state index contributed by atoms with van der Waals surface area (Å²) in [5.74, 6) is 0.340. The smallest absolute Gasteiger partial charge is 0.412 e. The van der Waals surface area contributed by atoms with E-state index in [0.29, 0.717) is 17.0 Å². The number of rotatable bonds is 3. The Bertz CT molecular complexity index is 492. The number of nitrogen functional groups attached to an aromatic ring is 1. The lowest BCUT2D eigenvalue weighted by Crippen LogP contribution is -2.27. The van der Waals surface area contributed by atoms with Crippen molar-refractivity contribution in [3.05, 3.63) is 23.8 Å². The Hall–Kier alpha value is -2.24. The first kappa shape index (κ1) is 14.8. The molecule has 0 aliphatic heterocycles.